The van der Waals surface area contributed by atoms with Crippen LogP contribution in [0.4, 0.5) is 0 Å². The maximum Gasteiger partial charge on any atom is 0.246 e. The zero-order valence-corrected chi connectivity index (χ0v) is 11.1. The van der Waals surface area contributed by atoms with Crippen LogP contribution in [0.3, 0.4) is 0 Å². The molecule has 0 aromatic heterocycles. The minimum Gasteiger partial charge on any atom is -0.382 e. The van der Waals surface area contributed by atoms with Gasteiger partial charge in [0.05, 0.1) is 32.3 Å². The highest BCUT2D eigenvalue weighted by Crippen LogP contribution is 2.12. The van der Waals surface area contributed by atoms with Crippen LogP contribution in [-0.2, 0) is 19.1 Å². The number of rotatable bonds is 9. The maximum absolute atomic E-state index is 11.9. The van der Waals surface area contributed by atoms with E-state index < -0.39 is 0 Å². The Morgan fingerprint density at radius 2 is 2.11 bits per heavy atom. The average Bonchev–Trinajstić information content (AvgIpc) is 2.62. The number of ether oxygens (including phenoxy) is 2. The van der Waals surface area contributed by atoms with Crippen molar-refractivity contribution in [3.8, 4) is 0 Å². The van der Waals surface area contributed by atoms with E-state index >= 15 is 0 Å². The molecule has 0 aromatic carbocycles. The topological polar surface area (TPSA) is 67.9 Å². The summed E-state index contributed by atoms with van der Waals surface area (Å²) in [7, 11) is 1.62. The van der Waals surface area contributed by atoms with E-state index in [0.29, 0.717) is 32.9 Å². The van der Waals surface area contributed by atoms with E-state index in [2.05, 4.69) is 5.32 Å². The first kappa shape index (κ1) is 15.1. The Morgan fingerprint density at radius 3 is 2.78 bits per heavy atom. The fourth-order valence-corrected chi connectivity index (χ4v) is 1.85. The van der Waals surface area contributed by atoms with Crippen LogP contribution in [0.1, 0.15) is 19.8 Å². The highest BCUT2D eigenvalue weighted by molar-refractivity contribution is 6.05. The Morgan fingerprint density at radius 1 is 1.33 bits per heavy atom. The predicted molar refractivity (Wildman–Crippen MR) is 66.1 cm³/mol. The molecule has 1 fully saturated rings. The van der Waals surface area contributed by atoms with Crippen LogP contribution < -0.4 is 5.32 Å². The third kappa shape index (κ3) is 4.36. The van der Waals surface area contributed by atoms with Gasteiger partial charge in [-0.05, 0) is 6.42 Å². The molecule has 0 aromatic rings. The summed E-state index contributed by atoms with van der Waals surface area (Å²) in [4.78, 5) is 24.8. The van der Waals surface area contributed by atoms with Gasteiger partial charge in [-0.1, -0.05) is 6.92 Å². The van der Waals surface area contributed by atoms with E-state index in [9.17, 15) is 9.59 Å². The number of imide groups is 1. The van der Waals surface area contributed by atoms with Crippen LogP contribution in [0, 0.1) is 0 Å². The smallest absolute Gasteiger partial charge is 0.246 e. The molecule has 104 valence electrons. The highest BCUT2D eigenvalue weighted by atomic mass is 16.5. The van der Waals surface area contributed by atoms with Crippen molar-refractivity contribution in [1.82, 2.24) is 10.2 Å². The zero-order valence-electron chi connectivity index (χ0n) is 11.1. The van der Waals surface area contributed by atoms with Gasteiger partial charge >= 0.3 is 0 Å². The van der Waals surface area contributed by atoms with Crippen LogP contribution in [0.15, 0.2) is 0 Å². The summed E-state index contributed by atoms with van der Waals surface area (Å²) in [6.07, 6.45) is 1.06. The van der Waals surface area contributed by atoms with Crippen LogP contribution >= 0.6 is 0 Å². The van der Waals surface area contributed by atoms with Crippen molar-refractivity contribution < 1.29 is 19.1 Å². The summed E-state index contributed by atoms with van der Waals surface area (Å²) in [6, 6.07) is -0.380. The molecule has 2 amide bonds. The van der Waals surface area contributed by atoms with E-state index in [1.807, 2.05) is 6.92 Å². The van der Waals surface area contributed by atoms with E-state index in [-0.39, 0.29) is 24.3 Å². The molecule has 1 N–H and O–H groups in total. The Hall–Kier alpha value is -0.980. The lowest BCUT2D eigenvalue weighted by atomic mass is 10.2. The first-order chi connectivity index (χ1) is 8.70. The molecular weight excluding hydrogens is 236 g/mol. The number of hydrogen-bond acceptors (Lipinski definition) is 5. The monoisotopic (exact) mass is 258 g/mol. The molecule has 6 nitrogen and oxygen atoms in total. The SMILES string of the molecule is CCCN1C(=O)CC(NCCOCCOC)C1=O. The van der Waals surface area contributed by atoms with Gasteiger partial charge in [0.25, 0.3) is 0 Å². The van der Waals surface area contributed by atoms with Crippen molar-refractivity contribution in [2.24, 2.45) is 0 Å². The molecule has 1 unspecified atom stereocenters. The van der Waals surface area contributed by atoms with Gasteiger partial charge in [0.2, 0.25) is 11.8 Å². The van der Waals surface area contributed by atoms with Crippen molar-refractivity contribution in [3.05, 3.63) is 0 Å². The molecule has 1 rings (SSSR count). The Bertz CT molecular complexity index is 283. The summed E-state index contributed by atoms with van der Waals surface area (Å²) in [6.45, 7) is 4.64. The van der Waals surface area contributed by atoms with Gasteiger partial charge in [0.15, 0.2) is 0 Å². The third-order valence-corrected chi connectivity index (χ3v) is 2.76. The largest absolute Gasteiger partial charge is 0.382 e. The van der Waals surface area contributed by atoms with Crippen LogP contribution in [-0.4, -0.2) is 62.8 Å². The molecule has 1 saturated heterocycles. The summed E-state index contributed by atoms with van der Waals surface area (Å²) < 4.78 is 10.1. The number of carbonyl (C=O) groups is 2. The van der Waals surface area contributed by atoms with E-state index in [0.717, 1.165) is 6.42 Å². The molecular formula is C12H22N2O4. The molecule has 1 aliphatic heterocycles. The molecule has 0 saturated carbocycles. The molecule has 0 spiro atoms. The molecule has 1 atom stereocenters. The van der Waals surface area contributed by atoms with Gasteiger partial charge in [0.1, 0.15) is 0 Å². The van der Waals surface area contributed by atoms with E-state index in [4.69, 9.17) is 9.47 Å². The lowest BCUT2D eigenvalue weighted by Gasteiger charge is -2.14. The van der Waals surface area contributed by atoms with Crippen molar-refractivity contribution in [2.75, 3.05) is 40.0 Å². The standard InChI is InChI=1S/C12H22N2O4/c1-3-5-14-11(15)9-10(12(14)16)13-4-6-18-8-7-17-2/h10,13H,3-9H2,1-2H3. The molecule has 6 heteroatoms. The number of carbonyl (C=O) groups excluding carboxylic acids is 2. The third-order valence-electron chi connectivity index (χ3n) is 2.76. The predicted octanol–water partition coefficient (Wildman–Crippen LogP) is -0.223. The van der Waals surface area contributed by atoms with Gasteiger partial charge in [-0.15, -0.1) is 0 Å². The van der Waals surface area contributed by atoms with Crippen LogP contribution in [0.5, 0.6) is 0 Å². The van der Waals surface area contributed by atoms with E-state index in [1.165, 1.54) is 4.90 Å². The van der Waals surface area contributed by atoms with Gasteiger partial charge in [0, 0.05) is 20.2 Å². The summed E-state index contributed by atoms with van der Waals surface area (Å²) in [5, 5.41) is 3.05. The minimum absolute atomic E-state index is 0.0837. The lowest BCUT2D eigenvalue weighted by Crippen LogP contribution is -2.40. The average molecular weight is 258 g/mol. The molecule has 0 bridgehead atoms. The molecule has 0 radical (unpaired) electrons. The fraction of sp³-hybridized carbons (Fsp3) is 0.833. The van der Waals surface area contributed by atoms with Gasteiger partial charge in [-0.2, -0.15) is 0 Å². The van der Waals surface area contributed by atoms with Crippen molar-refractivity contribution in [3.63, 3.8) is 0 Å². The summed E-state index contributed by atoms with van der Waals surface area (Å²) in [5.74, 6) is -0.196. The van der Waals surface area contributed by atoms with Gasteiger partial charge in [-0.3, -0.25) is 14.5 Å². The van der Waals surface area contributed by atoms with Gasteiger partial charge in [-0.25, -0.2) is 0 Å². The first-order valence-corrected chi connectivity index (χ1v) is 6.35. The van der Waals surface area contributed by atoms with E-state index in [1.54, 1.807) is 7.11 Å². The van der Waals surface area contributed by atoms with Crippen LogP contribution in [0.25, 0.3) is 0 Å². The molecule has 1 heterocycles. The highest BCUT2D eigenvalue weighted by Gasteiger charge is 2.37. The summed E-state index contributed by atoms with van der Waals surface area (Å²) in [5.41, 5.74) is 0. The number of amides is 2. The lowest BCUT2D eigenvalue weighted by molar-refractivity contribution is -0.138. The quantitative estimate of drug-likeness (QED) is 0.457. The summed E-state index contributed by atoms with van der Waals surface area (Å²) >= 11 is 0. The van der Waals surface area contributed by atoms with Crippen LogP contribution in [0.2, 0.25) is 0 Å². The van der Waals surface area contributed by atoms with Gasteiger partial charge < -0.3 is 14.8 Å². The number of nitrogens with zero attached hydrogens (tertiary/aromatic N) is 1. The van der Waals surface area contributed by atoms with Crippen molar-refractivity contribution in [2.45, 2.75) is 25.8 Å². The second-order valence-corrected chi connectivity index (χ2v) is 4.20. The number of nitrogens with one attached hydrogen (secondary N) is 1. The Kier molecular flexibility index (Phi) is 6.85. The Labute approximate surface area is 108 Å². The second kappa shape index (κ2) is 8.18. The minimum atomic E-state index is -0.380. The zero-order chi connectivity index (χ0) is 13.4. The fourth-order valence-electron chi connectivity index (χ4n) is 1.85. The number of hydrogen-bond donors (Lipinski definition) is 1. The first-order valence-electron chi connectivity index (χ1n) is 6.35. The normalized spacial score (nSPS) is 19.9. The van der Waals surface area contributed by atoms with Crippen molar-refractivity contribution >= 4 is 11.8 Å². The molecule has 18 heavy (non-hydrogen) atoms. The maximum atomic E-state index is 11.9. The number of likely N-dealkylation sites (tertiary alicyclic amines) is 1. The molecule has 1 aliphatic rings. The molecule has 0 aliphatic carbocycles. The van der Waals surface area contributed by atoms with Crippen molar-refractivity contribution in [1.29, 1.82) is 0 Å². The Balaban J connectivity index is 2.19. The number of methoxy groups -OCH3 is 1. The second-order valence-electron chi connectivity index (χ2n) is 4.20.